The van der Waals surface area contributed by atoms with Crippen molar-refractivity contribution in [3.05, 3.63) is 32.6 Å². The van der Waals surface area contributed by atoms with E-state index in [9.17, 15) is 9.59 Å². The molecule has 0 atom stereocenters. The van der Waals surface area contributed by atoms with Gasteiger partial charge in [-0.1, -0.05) is 0 Å². The average Bonchev–Trinajstić information content (AvgIpc) is 2.32. The summed E-state index contributed by atoms with van der Waals surface area (Å²) in [5, 5.41) is 3.10. The lowest BCUT2D eigenvalue weighted by Gasteiger charge is -2.08. The van der Waals surface area contributed by atoms with Gasteiger partial charge in [-0.2, -0.15) is 0 Å². The van der Waals surface area contributed by atoms with Crippen molar-refractivity contribution in [1.29, 1.82) is 0 Å². The minimum atomic E-state index is -0.312. The summed E-state index contributed by atoms with van der Waals surface area (Å²) in [5.41, 5.74) is 0.0103. The Kier molecular flexibility index (Phi) is 5.11. The molecule has 0 amide bonds. The Morgan fingerprint density at radius 3 is 2.71 bits per heavy atom. The first kappa shape index (κ1) is 13.7. The molecule has 0 aliphatic heterocycles. The minimum absolute atomic E-state index is 0.253. The maximum Gasteiger partial charge on any atom is 0.330 e. The summed E-state index contributed by atoms with van der Waals surface area (Å²) in [6, 6.07) is 0. The SMILES string of the molecule is CCOCCNCc1cn(C)c(=O)n(C)c1=O. The fraction of sp³-hybridized carbons (Fsp3) is 0.636. The topological polar surface area (TPSA) is 65.3 Å². The minimum Gasteiger partial charge on any atom is -0.380 e. The molecule has 0 aromatic carbocycles. The zero-order valence-corrected chi connectivity index (χ0v) is 10.5. The highest BCUT2D eigenvalue weighted by molar-refractivity contribution is 5.05. The lowest BCUT2D eigenvalue weighted by Crippen LogP contribution is -2.39. The second-order valence-corrected chi connectivity index (χ2v) is 3.79. The van der Waals surface area contributed by atoms with Crippen LogP contribution in [0.4, 0.5) is 0 Å². The molecule has 0 unspecified atom stereocenters. The Labute approximate surface area is 99.8 Å². The van der Waals surface area contributed by atoms with Crippen molar-refractivity contribution in [3.63, 3.8) is 0 Å². The van der Waals surface area contributed by atoms with Crippen LogP contribution in [0.15, 0.2) is 15.8 Å². The molecule has 0 radical (unpaired) electrons. The monoisotopic (exact) mass is 241 g/mol. The number of nitrogens with zero attached hydrogens (tertiary/aromatic N) is 2. The van der Waals surface area contributed by atoms with Gasteiger partial charge in [-0.15, -0.1) is 0 Å². The molecular formula is C11H19N3O3. The fourth-order valence-electron chi connectivity index (χ4n) is 1.52. The first-order valence-corrected chi connectivity index (χ1v) is 5.62. The highest BCUT2D eigenvalue weighted by Crippen LogP contribution is 1.86. The van der Waals surface area contributed by atoms with Gasteiger partial charge in [0.05, 0.1) is 6.61 Å². The van der Waals surface area contributed by atoms with Gasteiger partial charge < -0.3 is 14.6 Å². The van der Waals surface area contributed by atoms with E-state index in [-0.39, 0.29) is 11.2 Å². The van der Waals surface area contributed by atoms with Crippen molar-refractivity contribution in [1.82, 2.24) is 14.5 Å². The molecule has 1 heterocycles. The van der Waals surface area contributed by atoms with Crippen LogP contribution in [-0.4, -0.2) is 28.9 Å². The van der Waals surface area contributed by atoms with E-state index < -0.39 is 0 Å². The van der Waals surface area contributed by atoms with Crippen LogP contribution in [0.25, 0.3) is 0 Å². The van der Waals surface area contributed by atoms with Crippen molar-refractivity contribution in [2.75, 3.05) is 19.8 Å². The van der Waals surface area contributed by atoms with Gasteiger partial charge in [-0.3, -0.25) is 9.36 Å². The largest absolute Gasteiger partial charge is 0.380 e. The summed E-state index contributed by atoms with van der Waals surface area (Å²) < 4.78 is 7.68. The van der Waals surface area contributed by atoms with Gasteiger partial charge in [-0.05, 0) is 6.92 Å². The normalized spacial score (nSPS) is 10.8. The van der Waals surface area contributed by atoms with Gasteiger partial charge >= 0.3 is 5.69 Å². The maximum absolute atomic E-state index is 11.7. The van der Waals surface area contributed by atoms with E-state index >= 15 is 0 Å². The van der Waals surface area contributed by atoms with Crippen LogP contribution in [0.3, 0.4) is 0 Å². The van der Waals surface area contributed by atoms with Gasteiger partial charge in [-0.25, -0.2) is 4.79 Å². The molecule has 1 N–H and O–H groups in total. The number of aromatic nitrogens is 2. The number of hydrogen-bond acceptors (Lipinski definition) is 4. The summed E-state index contributed by atoms with van der Waals surface area (Å²) in [6.45, 7) is 4.35. The third-order valence-electron chi connectivity index (χ3n) is 2.46. The smallest absolute Gasteiger partial charge is 0.330 e. The predicted molar refractivity (Wildman–Crippen MR) is 65.1 cm³/mol. The number of rotatable bonds is 6. The summed E-state index contributed by atoms with van der Waals surface area (Å²) >= 11 is 0. The highest BCUT2D eigenvalue weighted by Gasteiger charge is 2.05. The molecule has 6 heteroatoms. The first-order valence-electron chi connectivity index (χ1n) is 5.62. The van der Waals surface area contributed by atoms with E-state index in [0.29, 0.717) is 31.9 Å². The second-order valence-electron chi connectivity index (χ2n) is 3.79. The van der Waals surface area contributed by atoms with Crippen molar-refractivity contribution >= 4 is 0 Å². The molecule has 1 rings (SSSR count). The summed E-state index contributed by atoms with van der Waals surface area (Å²) in [6.07, 6.45) is 1.57. The lowest BCUT2D eigenvalue weighted by molar-refractivity contribution is 0.149. The second kappa shape index (κ2) is 6.36. The quantitative estimate of drug-likeness (QED) is 0.663. The number of ether oxygens (including phenoxy) is 1. The predicted octanol–water partition coefficient (Wildman–Crippen LogP) is -0.790. The molecule has 0 aliphatic rings. The van der Waals surface area contributed by atoms with E-state index in [0.717, 1.165) is 4.57 Å². The Morgan fingerprint density at radius 1 is 1.35 bits per heavy atom. The Morgan fingerprint density at radius 2 is 2.06 bits per heavy atom. The Balaban J connectivity index is 2.66. The van der Waals surface area contributed by atoms with Crippen LogP contribution in [0.1, 0.15) is 12.5 Å². The zero-order valence-electron chi connectivity index (χ0n) is 10.5. The van der Waals surface area contributed by atoms with E-state index in [1.165, 1.54) is 11.6 Å². The van der Waals surface area contributed by atoms with Crippen molar-refractivity contribution in [2.45, 2.75) is 13.5 Å². The molecule has 96 valence electrons. The third-order valence-corrected chi connectivity index (χ3v) is 2.46. The highest BCUT2D eigenvalue weighted by atomic mass is 16.5. The molecule has 0 spiro atoms. The zero-order chi connectivity index (χ0) is 12.8. The summed E-state index contributed by atoms with van der Waals surface area (Å²) in [4.78, 5) is 23.2. The van der Waals surface area contributed by atoms with E-state index in [1.54, 1.807) is 13.2 Å². The van der Waals surface area contributed by atoms with Gasteiger partial charge in [0.1, 0.15) is 0 Å². The summed E-state index contributed by atoms with van der Waals surface area (Å²) in [7, 11) is 3.11. The van der Waals surface area contributed by atoms with Gasteiger partial charge in [0.15, 0.2) is 0 Å². The first-order chi connectivity index (χ1) is 8.07. The third kappa shape index (κ3) is 3.54. The molecule has 0 bridgehead atoms. The molecule has 17 heavy (non-hydrogen) atoms. The molecule has 0 saturated heterocycles. The van der Waals surface area contributed by atoms with Gasteiger partial charge in [0, 0.05) is 45.6 Å². The number of aryl methyl sites for hydroxylation is 1. The lowest BCUT2D eigenvalue weighted by atomic mass is 10.3. The molecule has 0 aliphatic carbocycles. The van der Waals surface area contributed by atoms with Crippen molar-refractivity contribution in [2.24, 2.45) is 14.1 Å². The molecule has 6 nitrogen and oxygen atoms in total. The molecule has 0 fully saturated rings. The van der Waals surface area contributed by atoms with Crippen molar-refractivity contribution < 1.29 is 4.74 Å². The standard InChI is InChI=1S/C11H19N3O3/c1-4-17-6-5-12-7-9-8-13(2)11(16)14(3)10(9)15/h8,12H,4-7H2,1-3H3. The van der Waals surface area contributed by atoms with E-state index in [4.69, 9.17) is 4.74 Å². The van der Waals surface area contributed by atoms with Crippen LogP contribution in [-0.2, 0) is 25.4 Å². The van der Waals surface area contributed by atoms with Crippen LogP contribution >= 0.6 is 0 Å². The Bertz CT molecular complexity index is 476. The van der Waals surface area contributed by atoms with Crippen LogP contribution in [0.2, 0.25) is 0 Å². The van der Waals surface area contributed by atoms with Crippen LogP contribution in [0.5, 0.6) is 0 Å². The van der Waals surface area contributed by atoms with E-state index in [2.05, 4.69) is 5.32 Å². The van der Waals surface area contributed by atoms with Crippen molar-refractivity contribution in [3.8, 4) is 0 Å². The van der Waals surface area contributed by atoms with Crippen LogP contribution in [0, 0.1) is 0 Å². The van der Waals surface area contributed by atoms with Gasteiger partial charge in [0.25, 0.3) is 5.56 Å². The Hall–Kier alpha value is -1.40. The number of hydrogen-bond donors (Lipinski definition) is 1. The molecule has 1 aromatic rings. The maximum atomic E-state index is 11.7. The fourth-order valence-corrected chi connectivity index (χ4v) is 1.52. The average molecular weight is 241 g/mol. The van der Waals surface area contributed by atoms with Crippen LogP contribution < -0.4 is 16.6 Å². The molecular weight excluding hydrogens is 222 g/mol. The molecule has 0 saturated carbocycles. The molecule has 1 aromatic heterocycles. The summed E-state index contributed by atoms with van der Waals surface area (Å²) in [5.74, 6) is 0. The number of nitrogens with one attached hydrogen (secondary N) is 1. The van der Waals surface area contributed by atoms with Gasteiger partial charge in [0.2, 0.25) is 0 Å². The van der Waals surface area contributed by atoms with E-state index in [1.807, 2.05) is 6.92 Å².